The summed E-state index contributed by atoms with van der Waals surface area (Å²) in [6, 6.07) is 6.06. The standard InChI is InChI=1S/C40H43F19N2O7Si/c1-22(2)69(23(3)4,20-17-33(43,44)34(45,46)35(47,48)36(49,50)37(51,52)38(53,54)39(55,56)40(57,58)59)67-19-18-66-26-14-11-24(12-15-26)31(29(65-5)9-7-6-8-10-30(62)61-64)68-32(63)60-28-16-13-25(41)21-27(28)42/h6-8,10-16,21-23,29,31,64H,9,17-20H2,1-5H3,(H,60,63)(H,61,62)/b7-6+,10-8+/t29-,31-/m1/s1. The Kier molecular flexibility index (Phi) is 19.7. The molecule has 2 rings (SSSR count). The molecule has 0 aliphatic carbocycles. The SMILES string of the molecule is CO[C@H](C/C=C/C=C/C(=O)NO)[C@H](OC(=O)Nc1ccc(F)cc1F)c1ccc(OCCO[Si](CCC(F)(F)C(F)(F)C(F)(F)C(F)(F)C(F)(F)C(F)(F)C(F)(F)C(F)(F)F)(C(C)C)C(C)C)cc1. The Hall–Kier alpha value is -4.77. The second kappa shape index (κ2) is 22.5. The largest absolute Gasteiger partial charge is 0.491 e. The fraction of sp³-hybridized carbons (Fsp3) is 0.550. The summed E-state index contributed by atoms with van der Waals surface area (Å²) in [5, 5.41) is 10.7. The average Bonchev–Trinajstić information content (AvgIpc) is 3.24. The van der Waals surface area contributed by atoms with Crippen LogP contribution in [0.15, 0.2) is 66.8 Å². The van der Waals surface area contributed by atoms with Gasteiger partial charge in [-0.1, -0.05) is 58.1 Å². The van der Waals surface area contributed by atoms with Gasteiger partial charge >= 0.3 is 53.7 Å². The Morgan fingerprint density at radius 2 is 1.23 bits per heavy atom. The molecule has 0 unspecified atom stereocenters. The van der Waals surface area contributed by atoms with Gasteiger partial charge in [0.2, 0.25) is 0 Å². The molecular weight excluding hydrogens is 1010 g/mol. The van der Waals surface area contributed by atoms with Crippen molar-refractivity contribution in [3.63, 3.8) is 0 Å². The van der Waals surface area contributed by atoms with Crippen molar-refractivity contribution < 1.29 is 117 Å². The molecule has 0 aliphatic rings. The normalized spacial score (nSPS) is 15.0. The first-order chi connectivity index (χ1) is 31.4. The highest BCUT2D eigenvalue weighted by atomic mass is 28.4. The molecule has 2 atom stereocenters. The third kappa shape index (κ3) is 12.8. The predicted molar refractivity (Wildman–Crippen MR) is 207 cm³/mol. The van der Waals surface area contributed by atoms with Crippen LogP contribution in [0.1, 0.15) is 52.2 Å². The number of allylic oxidation sites excluding steroid dienone is 2. The third-order valence-corrected chi connectivity index (χ3v) is 16.2. The summed E-state index contributed by atoms with van der Waals surface area (Å²) >= 11 is 0. The molecule has 69 heavy (non-hydrogen) atoms. The number of anilines is 1. The van der Waals surface area contributed by atoms with Crippen molar-refractivity contribution in [1.82, 2.24) is 5.48 Å². The van der Waals surface area contributed by atoms with Gasteiger partial charge in [0.25, 0.3) is 5.91 Å². The Balaban J connectivity index is 2.34. The lowest BCUT2D eigenvalue weighted by Gasteiger charge is -2.44. The maximum Gasteiger partial charge on any atom is 0.460 e. The van der Waals surface area contributed by atoms with Crippen LogP contribution in [0.25, 0.3) is 0 Å². The molecule has 0 heterocycles. The summed E-state index contributed by atoms with van der Waals surface area (Å²) in [7, 11) is -2.86. The van der Waals surface area contributed by atoms with Gasteiger partial charge in [0.05, 0.1) is 12.3 Å². The van der Waals surface area contributed by atoms with Gasteiger partial charge in [0.1, 0.15) is 30.1 Å². The van der Waals surface area contributed by atoms with Crippen LogP contribution in [-0.4, -0.2) is 99.6 Å². The molecule has 0 aromatic heterocycles. The van der Waals surface area contributed by atoms with Gasteiger partial charge in [-0.2, -0.15) is 74.6 Å². The Bertz CT molecular complexity index is 2080. The van der Waals surface area contributed by atoms with E-state index in [1.54, 1.807) is 0 Å². The van der Waals surface area contributed by atoms with Gasteiger partial charge in [-0.3, -0.25) is 15.3 Å². The minimum absolute atomic E-state index is 0.00571. The summed E-state index contributed by atoms with van der Waals surface area (Å²) in [4.78, 5) is 24.1. The first kappa shape index (κ1) is 60.3. The molecule has 3 N–H and O–H groups in total. The van der Waals surface area contributed by atoms with Crippen LogP contribution in [0.2, 0.25) is 17.1 Å². The predicted octanol–water partition coefficient (Wildman–Crippen LogP) is 12.8. The van der Waals surface area contributed by atoms with Crippen LogP contribution >= 0.6 is 0 Å². The van der Waals surface area contributed by atoms with Crippen LogP contribution in [0.5, 0.6) is 5.75 Å². The molecule has 2 aromatic carbocycles. The van der Waals surface area contributed by atoms with E-state index in [0.717, 1.165) is 18.2 Å². The number of alkyl halides is 17. The van der Waals surface area contributed by atoms with Crippen molar-refractivity contribution in [2.75, 3.05) is 25.6 Å². The lowest BCUT2D eigenvalue weighted by Crippen LogP contribution is -2.74. The first-order valence-corrected chi connectivity index (χ1v) is 21.9. The summed E-state index contributed by atoms with van der Waals surface area (Å²) < 4.78 is 286. The molecule has 0 aliphatic heterocycles. The minimum Gasteiger partial charge on any atom is -0.491 e. The van der Waals surface area contributed by atoms with Crippen molar-refractivity contribution in [3.05, 3.63) is 84.0 Å². The van der Waals surface area contributed by atoms with Crippen molar-refractivity contribution in [2.45, 2.75) is 118 Å². The van der Waals surface area contributed by atoms with Gasteiger partial charge in [-0.25, -0.2) is 19.1 Å². The number of carbonyl (C=O) groups is 2. The van der Waals surface area contributed by atoms with Gasteiger partial charge in [-0.15, -0.1) is 0 Å². The fourth-order valence-corrected chi connectivity index (χ4v) is 11.0. The number of benzene rings is 2. The van der Waals surface area contributed by atoms with Crippen molar-refractivity contribution in [2.24, 2.45) is 0 Å². The van der Waals surface area contributed by atoms with Crippen LogP contribution < -0.4 is 15.5 Å². The summed E-state index contributed by atoms with van der Waals surface area (Å²) in [6.07, 6.45) is -9.09. The second-order valence-electron chi connectivity index (χ2n) is 15.5. The zero-order chi connectivity index (χ0) is 53.4. The number of halogens is 19. The smallest absolute Gasteiger partial charge is 0.460 e. The Morgan fingerprint density at radius 3 is 1.71 bits per heavy atom. The van der Waals surface area contributed by atoms with Crippen LogP contribution in [-0.2, 0) is 18.7 Å². The van der Waals surface area contributed by atoms with Crippen molar-refractivity contribution in [3.8, 4) is 5.75 Å². The quantitative estimate of drug-likeness (QED) is 0.0173. The molecule has 0 fully saturated rings. The first-order valence-electron chi connectivity index (χ1n) is 19.7. The van der Waals surface area contributed by atoms with Crippen LogP contribution in [0.4, 0.5) is 93.9 Å². The number of hydrogen-bond donors (Lipinski definition) is 3. The zero-order valence-electron chi connectivity index (χ0n) is 36.3. The second-order valence-corrected chi connectivity index (χ2v) is 20.5. The number of ether oxygens (including phenoxy) is 3. The third-order valence-electron chi connectivity index (χ3n) is 10.5. The van der Waals surface area contributed by atoms with E-state index in [2.05, 4.69) is 5.32 Å². The molecule has 29 heteroatoms. The maximum absolute atomic E-state index is 15.0. The number of carbonyl (C=O) groups excluding carboxylic acids is 2. The summed E-state index contributed by atoms with van der Waals surface area (Å²) in [6.45, 7) is 4.00. The highest BCUT2D eigenvalue weighted by molar-refractivity contribution is 6.76. The minimum atomic E-state index is -8.73. The number of amides is 2. The lowest BCUT2D eigenvalue weighted by molar-refractivity contribution is -0.461. The molecule has 0 radical (unpaired) electrons. The molecule has 392 valence electrons. The summed E-state index contributed by atoms with van der Waals surface area (Å²) in [5.74, 6) is -60.0. The molecule has 0 saturated heterocycles. The fourth-order valence-electron chi connectivity index (χ4n) is 6.52. The monoisotopic (exact) mass is 1050 g/mol. The average molecular weight is 1050 g/mol. The van der Waals surface area contributed by atoms with Gasteiger partial charge in [0, 0.05) is 25.7 Å². The van der Waals surface area contributed by atoms with Crippen LogP contribution in [0.3, 0.4) is 0 Å². The number of hydroxylamine groups is 1. The Labute approximate surface area is 381 Å². The molecule has 0 spiro atoms. The van der Waals surface area contributed by atoms with E-state index in [1.165, 1.54) is 82.8 Å². The Morgan fingerprint density at radius 1 is 0.710 bits per heavy atom. The van der Waals surface area contributed by atoms with E-state index < -0.39 is 134 Å². The van der Waals surface area contributed by atoms with E-state index in [9.17, 15) is 84.2 Å². The lowest BCUT2D eigenvalue weighted by atomic mass is 9.88. The molecule has 0 saturated carbocycles. The number of nitrogens with one attached hydrogen (secondary N) is 2. The molecule has 0 bridgehead atoms. The maximum atomic E-state index is 15.0. The van der Waals surface area contributed by atoms with Gasteiger partial charge < -0.3 is 18.6 Å². The summed E-state index contributed by atoms with van der Waals surface area (Å²) in [5.41, 5.74) is -0.800. The van der Waals surface area contributed by atoms with Gasteiger partial charge in [0.15, 0.2) is 14.4 Å². The molecule has 9 nitrogen and oxygen atoms in total. The molecular formula is C40H43F19N2O7Si. The van der Waals surface area contributed by atoms with Crippen LogP contribution in [0, 0.1) is 11.6 Å². The van der Waals surface area contributed by atoms with Gasteiger partial charge in [-0.05, 0) is 53.4 Å². The van der Waals surface area contributed by atoms with E-state index in [0.29, 0.717) is 6.07 Å². The number of methoxy groups -OCH3 is 1. The van der Waals surface area contributed by atoms with Crippen molar-refractivity contribution in [1.29, 1.82) is 0 Å². The van der Waals surface area contributed by atoms with E-state index in [4.69, 9.17) is 23.8 Å². The van der Waals surface area contributed by atoms with E-state index in [-0.39, 0.29) is 17.7 Å². The highest BCUT2D eigenvalue weighted by Gasteiger charge is 2.95. The number of rotatable bonds is 25. The molecule has 2 aromatic rings. The molecule has 2 amide bonds. The van der Waals surface area contributed by atoms with E-state index in [1.807, 2.05) is 0 Å². The number of hydrogen-bond acceptors (Lipinski definition) is 7. The topological polar surface area (TPSA) is 115 Å². The highest BCUT2D eigenvalue weighted by Crippen LogP contribution is 2.64. The van der Waals surface area contributed by atoms with Crippen molar-refractivity contribution >= 4 is 26.0 Å². The van der Waals surface area contributed by atoms with E-state index >= 15 is 8.78 Å². The zero-order valence-corrected chi connectivity index (χ0v) is 37.3.